The first-order valence-corrected chi connectivity index (χ1v) is 13.3. The van der Waals surface area contributed by atoms with Crippen molar-refractivity contribution in [2.45, 2.75) is 37.9 Å². The van der Waals surface area contributed by atoms with Crippen molar-refractivity contribution in [3.8, 4) is 22.4 Å². The molecule has 202 valence electrons. The summed E-state index contributed by atoms with van der Waals surface area (Å²) >= 11 is 0. The lowest BCUT2D eigenvalue weighted by molar-refractivity contribution is -0.137. The Morgan fingerprint density at radius 3 is 2.64 bits per heavy atom. The summed E-state index contributed by atoms with van der Waals surface area (Å²) in [7, 11) is 0. The number of fused-ring (bicyclic) bond motifs is 1. The highest BCUT2D eigenvalue weighted by Gasteiger charge is 2.36. The third-order valence-electron chi connectivity index (χ3n) is 7.50. The predicted molar refractivity (Wildman–Crippen MR) is 144 cm³/mol. The van der Waals surface area contributed by atoms with Crippen molar-refractivity contribution in [1.82, 2.24) is 25.2 Å². The van der Waals surface area contributed by atoms with Crippen LogP contribution in [0.4, 0.5) is 19.1 Å². The number of halogens is 3. The number of hydrogen-bond donors (Lipinski definition) is 3. The number of alkyl halides is 3. The minimum atomic E-state index is -4.61. The minimum absolute atomic E-state index is 0.0226. The highest BCUT2D eigenvalue weighted by molar-refractivity contribution is 5.99. The summed E-state index contributed by atoms with van der Waals surface area (Å²) in [5, 5.41) is 7.08. The van der Waals surface area contributed by atoms with Gasteiger partial charge in [-0.05, 0) is 61.6 Å². The molecule has 2 saturated heterocycles. The fraction of sp³-hybridized carbons (Fsp3) is 0.345. The third-order valence-corrected chi connectivity index (χ3v) is 7.50. The Bertz CT molecular complexity index is 1500. The van der Waals surface area contributed by atoms with Gasteiger partial charge in [-0.15, -0.1) is 0 Å². The lowest BCUT2D eigenvalue weighted by atomic mass is 9.99. The average Bonchev–Trinajstić information content (AvgIpc) is 3.63. The third kappa shape index (κ3) is 5.21. The van der Waals surface area contributed by atoms with Crippen molar-refractivity contribution < 1.29 is 18.0 Å². The summed E-state index contributed by atoms with van der Waals surface area (Å²) < 4.78 is 41.9. The van der Waals surface area contributed by atoms with Gasteiger partial charge < -0.3 is 20.5 Å². The zero-order valence-electron chi connectivity index (χ0n) is 21.3. The molecule has 4 heterocycles. The summed E-state index contributed by atoms with van der Waals surface area (Å²) in [6.45, 7) is 3.18. The number of likely N-dealkylation sites (tertiary alicyclic amines) is 1. The van der Waals surface area contributed by atoms with Crippen molar-refractivity contribution in [2.24, 2.45) is 0 Å². The molecule has 0 aliphatic carbocycles. The van der Waals surface area contributed by atoms with Crippen LogP contribution in [0.2, 0.25) is 0 Å². The van der Waals surface area contributed by atoms with Gasteiger partial charge in [0.25, 0.3) is 5.91 Å². The predicted octanol–water partition coefficient (Wildman–Crippen LogP) is 5.71. The van der Waals surface area contributed by atoms with Crippen LogP contribution < -0.4 is 10.6 Å². The van der Waals surface area contributed by atoms with E-state index < -0.39 is 11.7 Å². The number of anilines is 1. The molecule has 0 saturated carbocycles. The molecule has 0 radical (unpaired) electrons. The number of H-pyrrole nitrogens is 1. The van der Waals surface area contributed by atoms with Crippen LogP contribution in [0, 0.1) is 0 Å². The van der Waals surface area contributed by atoms with E-state index in [1.807, 2.05) is 41.3 Å². The Balaban J connectivity index is 1.34. The molecule has 2 aromatic heterocycles. The number of hydrogen-bond acceptors (Lipinski definition) is 5. The van der Waals surface area contributed by atoms with Gasteiger partial charge in [0.2, 0.25) is 5.95 Å². The summed E-state index contributed by atoms with van der Waals surface area (Å²) in [6.07, 6.45) is 1.73. The van der Waals surface area contributed by atoms with Crippen LogP contribution in [0.3, 0.4) is 0 Å². The Morgan fingerprint density at radius 2 is 1.87 bits per heavy atom. The van der Waals surface area contributed by atoms with Crippen LogP contribution in [0.1, 0.15) is 41.6 Å². The lowest BCUT2D eigenvalue weighted by Crippen LogP contribution is -2.38. The van der Waals surface area contributed by atoms with Crippen molar-refractivity contribution in [3.63, 3.8) is 0 Å². The summed E-state index contributed by atoms with van der Waals surface area (Å²) in [4.78, 5) is 26.2. The van der Waals surface area contributed by atoms with E-state index in [0.717, 1.165) is 62.6 Å². The molecular formula is C29H29F3N6O. The number of piperidine rings is 1. The van der Waals surface area contributed by atoms with Gasteiger partial charge in [0, 0.05) is 60.1 Å². The number of nitrogens with zero attached hydrogens (tertiary/aromatic N) is 3. The Morgan fingerprint density at radius 1 is 1.05 bits per heavy atom. The molecule has 6 rings (SSSR count). The lowest BCUT2D eigenvalue weighted by Gasteiger charge is -2.24. The molecule has 0 unspecified atom stereocenters. The number of rotatable bonds is 5. The fourth-order valence-electron chi connectivity index (χ4n) is 5.46. The normalized spacial score (nSPS) is 18.0. The number of carbonyl (C=O) groups is 1. The number of benzene rings is 2. The van der Waals surface area contributed by atoms with Crippen molar-refractivity contribution >= 4 is 22.8 Å². The second-order valence-electron chi connectivity index (χ2n) is 10.2. The second kappa shape index (κ2) is 10.3. The van der Waals surface area contributed by atoms with E-state index in [2.05, 4.69) is 25.6 Å². The van der Waals surface area contributed by atoms with E-state index in [9.17, 15) is 18.0 Å². The first kappa shape index (κ1) is 25.4. The first-order chi connectivity index (χ1) is 18.9. The molecule has 0 bridgehead atoms. The molecule has 3 N–H and O–H groups in total. The quantitative estimate of drug-likeness (QED) is 0.305. The summed E-state index contributed by atoms with van der Waals surface area (Å²) in [6, 6.07) is 13.1. The maximum absolute atomic E-state index is 14.0. The van der Waals surface area contributed by atoms with Crippen LogP contribution in [0.15, 0.2) is 54.9 Å². The van der Waals surface area contributed by atoms with Gasteiger partial charge in [0.1, 0.15) is 5.56 Å². The second-order valence-corrected chi connectivity index (χ2v) is 10.2. The Kier molecular flexibility index (Phi) is 6.72. The molecule has 39 heavy (non-hydrogen) atoms. The molecule has 2 aliphatic heterocycles. The van der Waals surface area contributed by atoms with Crippen LogP contribution in [-0.2, 0) is 6.18 Å². The van der Waals surface area contributed by atoms with Crippen LogP contribution in [0.5, 0.6) is 0 Å². The topological polar surface area (TPSA) is 85.9 Å². The van der Waals surface area contributed by atoms with Gasteiger partial charge in [-0.3, -0.25) is 4.79 Å². The Labute approximate surface area is 223 Å². The van der Waals surface area contributed by atoms with Crippen molar-refractivity contribution in [1.29, 1.82) is 0 Å². The van der Waals surface area contributed by atoms with E-state index in [1.165, 1.54) is 0 Å². The number of carbonyl (C=O) groups excluding carboxylic acids is 1. The molecule has 7 nitrogen and oxygen atoms in total. The molecule has 1 amide bonds. The molecule has 2 fully saturated rings. The van der Waals surface area contributed by atoms with E-state index in [0.29, 0.717) is 28.6 Å². The van der Waals surface area contributed by atoms with Crippen molar-refractivity contribution in [3.05, 3.63) is 66.0 Å². The van der Waals surface area contributed by atoms with Gasteiger partial charge in [0.15, 0.2) is 0 Å². The summed E-state index contributed by atoms with van der Waals surface area (Å²) in [5.74, 6) is 0.201. The van der Waals surface area contributed by atoms with Gasteiger partial charge >= 0.3 is 6.18 Å². The zero-order chi connectivity index (χ0) is 27.0. The number of amides is 1. The highest BCUT2D eigenvalue weighted by atomic mass is 19.4. The van der Waals surface area contributed by atoms with Crippen molar-refractivity contribution in [2.75, 3.05) is 31.5 Å². The van der Waals surface area contributed by atoms with Crippen LogP contribution in [0.25, 0.3) is 33.3 Å². The van der Waals surface area contributed by atoms with E-state index in [4.69, 9.17) is 0 Å². The van der Waals surface area contributed by atoms with Crippen LogP contribution in [-0.4, -0.2) is 58.0 Å². The molecule has 2 aliphatic rings. The maximum atomic E-state index is 14.0. The zero-order valence-corrected chi connectivity index (χ0v) is 21.3. The van der Waals surface area contributed by atoms with Gasteiger partial charge in [0.05, 0.1) is 5.69 Å². The largest absolute Gasteiger partial charge is 0.419 e. The fourth-order valence-corrected chi connectivity index (χ4v) is 5.46. The molecule has 0 spiro atoms. The van der Waals surface area contributed by atoms with Gasteiger partial charge in [-0.1, -0.05) is 24.3 Å². The van der Waals surface area contributed by atoms with E-state index >= 15 is 0 Å². The molecule has 2 aromatic carbocycles. The van der Waals surface area contributed by atoms with E-state index in [1.54, 1.807) is 12.3 Å². The summed E-state index contributed by atoms with van der Waals surface area (Å²) in [5.41, 5.74) is 2.34. The SMILES string of the molecule is O=C(c1cccc(-c2ccc3c(-c4nc(N[C@H]5CCCNC5)ncc4C(F)(F)F)c[nH]c3c2)c1)N1CCCC1. The minimum Gasteiger partial charge on any atom is -0.360 e. The van der Waals surface area contributed by atoms with E-state index in [-0.39, 0.29) is 23.6 Å². The number of aromatic nitrogens is 3. The maximum Gasteiger partial charge on any atom is 0.419 e. The molecule has 10 heteroatoms. The molecular weight excluding hydrogens is 505 g/mol. The average molecular weight is 535 g/mol. The standard InChI is InChI=1S/C29H29F3N6O/c30-29(31,32)24-17-35-28(36-21-7-4-10-33-15-21)37-26(24)23-16-34-25-14-19(8-9-22(23)25)18-5-3-6-20(13-18)27(39)38-11-1-2-12-38/h3,5-6,8-9,13-14,16-17,21,33-34H,1-2,4,7,10-12,15H2,(H,35,36,37)/t21-/m0/s1. The first-order valence-electron chi connectivity index (χ1n) is 13.3. The number of aromatic amines is 1. The smallest absolute Gasteiger partial charge is 0.360 e. The van der Waals surface area contributed by atoms with Gasteiger partial charge in [-0.2, -0.15) is 13.2 Å². The molecule has 1 atom stereocenters. The monoisotopic (exact) mass is 534 g/mol. The highest BCUT2D eigenvalue weighted by Crippen LogP contribution is 2.39. The molecule has 4 aromatic rings. The Hall–Kier alpha value is -3.92. The number of nitrogens with one attached hydrogen (secondary N) is 3. The van der Waals surface area contributed by atoms with Crippen LogP contribution >= 0.6 is 0 Å². The van der Waals surface area contributed by atoms with Gasteiger partial charge in [-0.25, -0.2) is 9.97 Å².